The van der Waals surface area contributed by atoms with Gasteiger partial charge in [0.05, 0.1) is 18.2 Å². The molecule has 0 bridgehead atoms. The molecule has 29 heavy (non-hydrogen) atoms. The molecule has 3 aromatic carbocycles. The van der Waals surface area contributed by atoms with Crippen LogP contribution in [0.5, 0.6) is 17.2 Å². The van der Waals surface area contributed by atoms with E-state index in [1.807, 2.05) is 43.3 Å². The zero-order valence-electron chi connectivity index (χ0n) is 17.0. The molecule has 0 unspecified atom stereocenters. The zero-order valence-corrected chi connectivity index (χ0v) is 18.6. The Morgan fingerprint density at radius 2 is 1.72 bits per heavy atom. The largest absolute Gasteiger partial charge is 0.497 e. The molecular weight excluding hydrogens is 430 g/mol. The van der Waals surface area contributed by atoms with Gasteiger partial charge in [0.1, 0.15) is 12.4 Å². The highest BCUT2D eigenvalue weighted by atomic mass is 79.9. The summed E-state index contributed by atoms with van der Waals surface area (Å²) < 4.78 is 18.0. The molecule has 0 aliphatic heterocycles. The number of aryl methyl sites for hydroxylation is 1. The van der Waals surface area contributed by atoms with Gasteiger partial charge in [0.25, 0.3) is 0 Å². The van der Waals surface area contributed by atoms with Crippen molar-refractivity contribution in [1.29, 1.82) is 0 Å². The fourth-order valence-electron chi connectivity index (χ4n) is 3.00. The van der Waals surface area contributed by atoms with E-state index in [0.717, 1.165) is 38.5 Å². The van der Waals surface area contributed by atoms with Crippen molar-refractivity contribution >= 4 is 21.6 Å². The molecule has 0 heterocycles. The summed E-state index contributed by atoms with van der Waals surface area (Å²) in [6, 6.07) is 20.3. The number of benzene rings is 3. The normalized spacial score (nSPS) is 10.5. The van der Waals surface area contributed by atoms with Crippen LogP contribution in [0.4, 0.5) is 5.69 Å². The van der Waals surface area contributed by atoms with Gasteiger partial charge in [-0.05, 0) is 77.3 Å². The molecule has 0 saturated carbocycles. The Labute approximate surface area is 180 Å². The lowest BCUT2D eigenvalue weighted by molar-refractivity contribution is 0.267. The summed E-state index contributed by atoms with van der Waals surface area (Å²) in [6.45, 7) is 5.78. The second-order valence-electron chi connectivity index (χ2n) is 6.70. The molecule has 0 atom stereocenters. The number of methoxy groups -OCH3 is 1. The van der Waals surface area contributed by atoms with Crippen LogP contribution in [0.25, 0.3) is 0 Å². The molecule has 3 aromatic rings. The fraction of sp³-hybridized carbons (Fsp3) is 0.250. The Hall–Kier alpha value is -2.66. The van der Waals surface area contributed by atoms with Crippen LogP contribution < -0.4 is 19.5 Å². The van der Waals surface area contributed by atoms with E-state index in [9.17, 15) is 0 Å². The lowest BCUT2D eigenvalue weighted by atomic mass is 10.1. The highest BCUT2D eigenvalue weighted by Crippen LogP contribution is 2.37. The maximum Gasteiger partial charge on any atom is 0.175 e. The second kappa shape index (κ2) is 10.2. The maximum absolute atomic E-state index is 6.10. The first-order valence-electron chi connectivity index (χ1n) is 9.60. The van der Waals surface area contributed by atoms with Crippen molar-refractivity contribution in [3.63, 3.8) is 0 Å². The van der Waals surface area contributed by atoms with Crippen molar-refractivity contribution in [3.05, 3.63) is 81.8 Å². The highest BCUT2D eigenvalue weighted by Gasteiger charge is 2.13. The van der Waals surface area contributed by atoms with Gasteiger partial charge < -0.3 is 19.5 Å². The Kier molecular flexibility index (Phi) is 7.42. The summed E-state index contributed by atoms with van der Waals surface area (Å²) >= 11 is 3.65. The monoisotopic (exact) mass is 455 g/mol. The summed E-state index contributed by atoms with van der Waals surface area (Å²) in [6.07, 6.45) is 0. The van der Waals surface area contributed by atoms with E-state index in [1.54, 1.807) is 7.11 Å². The third-order valence-corrected chi connectivity index (χ3v) is 5.01. The second-order valence-corrected chi connectivity index (χ2v) is 7.55. The summed E-state index contributed by atoms with van der Waals surface area (Å²) in [4.78, 5) is 0. The first kappa shape index (κ1) is 21.1. The van der Waals surface area contributed by atoms with Gasteiger partial charge in [-0.1, -0.05) is 29.8 Å². The van der Waals surface area contributed by atoms with E-state index in [2.05, 4.69) is 52.4 Å². The predicted octanol–water partition coefficient (Wildman–Crippen LogP) is 6.36. The Bertz CT molecular complexity index is 941. The van der Waals surface area contributed by atoms with Crippen molar-refractivity contribution < 1.29 is 14.2 Å². The average molecular weight is 456 g/mol. The molecule has 0 fully saturated rings. The number of hydrogen-bond acceptors (Lipinski definition) is 4. The van der Waals surface area contributed by atoms with Crippen molar-refractivity contribution in [2.75, 3.05) is 19.0 Å². The van der Waals surface area contributed by atoms with Crippen molar-refractivity contribution in [3.8, 4) is 17.2 Å². The lowest BCUT2D eigenvalue weighted by Crippen LogP contribution is -2.04. The third kappa shape index (κ3) is 5.91. The van der Waals surface area contributed by atoms with Gasteiger partial charge in [0.15, 0.2) is 11.5 Å². The van der Waals surface area contributed by atoms with Gasteiger partial charge in [-0.2, -0.15) is 0 Å². The van der Waals surface area contributed by atoms with Gasteiger partial charge in [-0.15, -0.1) is 0 Å². The highest BCUT2D eigenvalue weighted by molar-refractivity contribution is 9.10. The standard InChI is InChI=1S/C24H26BrNO3/c1-4-28-23-14-19(15-26-20-8-10-21(27-3)11-9-20)13-22(25)24(23)29-16-18-7-5-6-17(2)12-18/h5-14,26H,4,15-16H2,1-3H3. The maximum atomic E-state index is 6.10. The molecule has 0 aromatic heterocycles. The Morgan fingerprint density at radius 1 is 0.931 bits per heavy atom. The van der Waals surface area contributed by atoms with Crippen molar-refractivity contribution in [2.45, 2.75) is 27.0 Å². The van der Waals surface area contributed by atoms with E-state index < -0.39 is 0 Å². The number of anilines is 1. The van der Waals surface area contributed by atoms with Crippen LogP contribution in [0.15, 0.2) is 65.1 Å². The van der Waals surface area contributed by atoms with Gasteiger partial charge in [0.2, 0.25) is 0 Å². The molecule has 152 valence electrons. The number of hydrogen-bond donors (Lipinski definition) is 1. The lowest BCUT2D eigenvalue weighted by Gasteiger charge is -2.16. The first-order valence-corrected chi connectivity index (χ1v) is 10.4. The summed E-state index contributed by atoms with van der Waals surface area (Å²) in [7, 11) is 1.66. The predicted molar refractivity (Wildman–Crippen MR) is 121 cm³/mol. The fourth-order valence-corrected chi connectivity index (χ4v) is 3.60. The molecule has 1 N–H and O–H groups in total. The van der Waals surface area contributed by atoms with Crippen LogP contribution in [-0.2, 0) is 13.2 Å². The van der Waals surface area contributed by atoms with E-state index in [-0.39, 0.29) is 0 Å². The van der Waals surface area contributed by atoms with Crippen LogP contribution in [0.3, 0.4) is 0 Å². The third-order valence-electron chi connectivity index (χ3n) is 4.42. The molecule has 0 saturated heterocycles. The minimum Gasteiger partial charge on any atom is -0.497 e. The molecule has 4 nitrogen and oxygen atoms in total. The van der Waals surface area contributed by atoms with E-state index in [4.69, 9.17) is 14.2 Å². The first-order chi connectivity index (χ1) is 14.1. The Morgan fingerprint density at radius 3 is 2.41 bits per heavy atom. The minimum atomic E-state index is 0.490. The number of nitrogens with one attached hydrogen (secondary N) is 1. The molecule has 0 spiro atoms. The summed E-state index contributed by atoms with van der Waals surface area (Å²) in [5, 5.41) is 3.42. The van der Waals surface area contributed by atoms with Gasteiger partial charge in [0, 0.05) is 12.2 Å². The SMILES string of the molecule is CCOc1cc(CNc2ccc(OC)cc2)cc(Br)c1OCc1cccc(C)c1. The number of halogens is 1. The van der Waals surface area contributed by atoms with Crippen LogP contribution in [0.2, 0.25) is 0 Å². The summed E-state index contributed by atoms with van der Waals surface area (Å²) in [5.74, 6) is 2.30. The quantitative estimate of drug-likeness (QED) is 0.407. The molecular formula is C24H26BrNO3. The topological polar surface area (TPSA) is 39.7 Å². The Balaban J connectivity index is 1.72. The van der Waals surface area contributed by atoms with Crippen LogP contribution in [-0.4, -0.2) is 13.7 Å². The average Bonchev–Trinajstić information content (AvgIpc) is 2.72. The van der Waals surface area contributed by atoms with Crippen LogP contribution in [0, 0.1) is 6.92 Å². The van der Waals surface area contributed by atoms with Crippen LogP contribution in [0.1, 0.15) is 23.6 Å². The van der Waals surface area contributed by atoms with E-state index >= 15 is 0 Å². The molecule has 0 amide bonds. The van der Waals surface area contributed by atoms with Gasteiger partial charge in [-0.3, -0.25) is 0 Å². The number of ether oxygens (including phenoxy) is 3. The molecule has 0 radical (unpaired) electrons. The molecule has 0 aliphatic carbocycles. The van der Waals surface area contributed by atoms with Crippen molar-refractivity contribution in [2.24, 2.45) is 0 Å². The van der Waals surface area contributed by atoms with Gasteiger partial charge in [-0.25, -0.2) is 0 Å². The van der Waals surface area contributed by atoms with E-state index in [1.165, 1.54) is 5.56 Å². The van der Waals surface area contributed by atoms with Crippen molar-refractivity contribution in [1.82, 2.24) is 0 Å². The zero-order chi connectivity index (χ0) is 20.6. The van der Waals surface area contributed by atoms with E-state index in [0.29, 0.717) is 19.8 Å². The van der Waals surface area contributed by atoms with Gasteiger partial charge >= 0.3 is 0 Å². The van der Waals surface area contributed by atoms with Crippen LogP contribution >= 0.6 is 15.9 Å². The molecule has 3 rings (SSSR count). The summed E-state index contributed by atoms with van der Waals surface area (Å²) in [5.41, 5.74) is 4.47. The number of rotatable bonds is 9. The smallest absolute Gasteiger partial charge is 0.175 e. The molecule has 0 aliphatic rings. The minimum absolute atomic E-state index is 0.490. The molecule has 5 heteroatoms.